The average molecular weight is 406 g/mol. The highest BCUT2D eigenvalue weighted by molar-refractivity contribution is 8.45. The number of rotatable bonds is 5. The summed E-state index contributed by atoms with van der Waals surface area (Å²) in [5.74, 6) is 0. The Hall–Kier alpha value is -2.14. The summed E-state index contributed by atoms with van der Waals surface area (Å²) in [5.41, 5.74) is 0. The maximum atomic E-state index is 15.0. The van der Waals surface area contributed by atoms with E-state index in [1.807, 2.05) is 97.1 Å². The molecule has 28 heavy (non-hydrogen) atoms. The first-order chi connectivity index (χ1) is 13.7. The van der Waals surface area contributed by atoms with Crippen molar-refractivity contribution in [3.05, 3.63) is 108 Å². The number of hydrogen-bond donors (Lipinski definition) is 0. The molecule has 2 aromatic rings. The molecule has 2 aliphatic rings. The third-order valence-corrected chi connectivity index (χ3v) is 15.3. The second kappa shape index (κ2) is 8.08. The van der Waals surface area contributed by atoms with Crippen LogP contribution in [-0.4, -0.2) is 0 Å². The summed E-state index contributed by atoms with van der Waals surface area (Å²) in [5, 5.41) is 2.77. The van der Waals surface area contributed by atoms with Gasteiger partial charge < -0.3 is 9.13 Å². The van der Waals surface area contributed by atoms with Crippen LogP contribution in [0.4, 0.5) is 0 Å². The van der Waals surface area contributed by atoms with Crippen LogP contribution >= 0.6 is 13.7 Å². The van der Waals surface area contributed by atoms with Gasteiger partial charge in [0.05, 0.1) is 0 Å². The zero-order valence-electron chi connectivity index (χ0n) is 15.8. The zero-order chi connectivity index (χ0) is 19.5. The Morgan fingerprint density at radius 1 is 0.536 bits per heavy atom. The Morgan fingerprint density at radius 2 is 0.929 bits per heavy atom. The third kappa shape index (κ3) is 3.16. The van der Waals surface area contributed by atoms with E-state index in [1.165, 1.54) is 0 Å². The minimum absolute atomic E-state index is 0.667. The highest BCUT2D eigenvalue weighted by Crippen LogP contribution is 2.87. The SMILES string of the molecule is O=P(C1=CCCC=C1)(c1ccccc1)P(=O)(C1=CCCC=C1)c1ccccc1. The van der Waals surface area contributed by atoms with Gasteiger partial charge >= 0.3 is 0 Å². The van der Waals surface area contributed by atoms with E-state index in [2.05, 4.69) is 0 Å². The van der Waals surface area contributed by atoms with Gasteiger partial charge in [-0.1, -0.05) is 97.1 Å². The van der Waals surface area contributed by atoms with E-state index in [4.69, 9.17) is 0 Å². The molecule has 2 aliphatic carbocycles. The molecule has 2 unspecified atom stereocenters. The highest BCUT2D eigenvalue weighted by Gasteiger charge is 2.50. The van der Waals surface area contributed by atoms with Crippen molar-refractivity contribution in [2.45, 2.75) is 25.7 Å². The first kappa shape index (κ1) is 19.2. The van der Waals surface area contributed by atoms with Crippen molar-refractivity contribution < 1.29 is 9.13 Å². The van der Waals surface area contributed by atoms with Crippen LogP contribution in [0.2, 0.25) is 0 Å². The Morgan fingerprint density at radius 3 is 1.25 bits per heavy atom. The van der Waals surface area contributed by atoms with Crippen LogP contribution in [0.3, 0.4) is 0 Å². The van der Waals surface area contributed by atoms with Crippen molar-refractivity contribution in [2.75, 3.05) is 0 Å². The first-order valence-electron chi connectivity index (χ1n) is 9.74. The number of benzene rings is 2. The van der Waals surface area contributed by atoms with E-state index in [9.17, 15) is 0 Å². The van der Waals surface area contributed by atoms with Crippen molar-refractivity contribution in [1.82, 2.24) is 0 Å². The summed E-state index contributed by atoms with van der Waals surface area (Å²) >= 11 is 0. The smallest absolute Gasteiger partial charge is 0.206 e. The van der Waals surface area contributed by atoms with Crippen LogP contribution in [-0.2, 0) is 9.13 Å². The molecule has 0 saturated heterocycles. The molecule has 0 fully saturated rings. The normalized spacial score (nSPS) is 20.6. The zero-order valence-corrected chi connectivity index (χ0v) is 17.6. The number of hydrogen-bond acceptors (Lipinski definition) is 2. The average Bonchev–Trinajstić information content (AvgIpc) is 2.80. The molecule has 142 valence electrons. The van der Waals surface area contributed by atoms with Crippen molar-refractivity contribution in [2.24, 2.45) is 0 Å². The molecular formula is C24H24O2P2. The lowest BCUT2D eigenvalue weighted by Gasteiger charge is -2.32. The second-order valence-corrected chi connectivity index (χ2v) is 14.8. The summed E-state index contributed by atoms with van der Waals surface area (Å²) in [7, 11) is 0. The topological polar surface area (TPSA) is 34.1 Å². The van der Waals surface area contributed by atoms with Gasteiger partial charge in [-0.15, -0.1) is 0 Å². The Kier molecular flexibility index (Phi) is 5.54. The van der Waals surface area contributed by atoms with Crippen molar-refractivity contribution in [3.8, 4) is 0 Å². The lowest BCUT2D eigenvalue weighted by atomic mass is 10.2. The van der Waals surface area contributed by atoms with E-state index < -0.39 is 13.7 Å². The Balaban J connectivity index is 2.06. The van der Waals surface area contributed by atoms with Crippen LogP contribution in [0, 0.1) is 0 Å². The van der Waals surface area contributed by atoms with Gasteiger partial charge in [-0.05, 0) is 25.7 Å². The molecule has 0 aromatic heterocycles. The molecule has 4 heteroatoms. The second-order valence-electron chi connectivity index (χ2n) is 7.04. The van der Waals surface area contributed by atoms with Crippen molar-refractivity contribution in [1.29, 1.82) is 0 Å². The van der Waals surface area contributed by atoms with Crippen LogP contribution < -0.4 is 10.6 Å². The van der Waals surface area contributed by atoms with Gasteiger partial charge in [-0.2, -0.15) is 0 Å². The van der Waals surface area contributed by atoms with Crippen molar-refractivity contribution in [3.63, 3.8) is 0 Å². The maximum absolute atomic E-state index is 15.0. The fourth-order valence-corrected chi connectivity index (χ4v) is 13.9. The van der Waals surface area contributed by atoms with Gasteiger partial charge in [0.1, 0.15) is 0 Å². The molecule has 0 radical (unpaired) electrons. The summed E-state index contributed by atoms with van der Waals surface area (Å²) in [6.45, 7) is -6.90. The van der Waals surface area contributed by atoms with E-state index in [0.29, 0.717) is 10.6 Å². The van der Waals surface area contributed by atoms with E-state index in [1.54, 1.807) is 0 Å². The highest BCUT2D eigenvalue weighted by atomic mass is 32.1. The molecule has 0 N–H and O–H groups in total. The minimum atomic E-state index is -3.45. The molecule has 2 atom stereocenters. The standard InChI is InChI=1S/C24H24O2P2/c25-27(21-13-5-1-6-14-21,22-15-7-2-8-16-22)28(26,23-17-9-3-10-18-23)24-19-11-4-12-20-24/h1,3,5-7,9-11,13-20H,2,4,8,12H2. The van der Waals surface area contributed by atoms with Gasteiger partial charge in [0, 0.05) is 21.2 Å². The van der Waals surface area contributed by atoms with Gasteiger partial charge in [0.2, 0.25) is 13.7 Å². The molecule has 4 rings (SSSR count). The summed E-state index contributed by atoms with van der Waals surface area (Å²) in [6.07, 6.45) is 15.5. The summed E-state index contributed by atoms with van der Waals surface area (Å²) in [6, 6.07) is 18.8. The predicted octanol–water partition coefficient (Wildman–Crippen LogP) is 6.75. The molecular weight excluding hydrogens is 382 g/mol. The maximum Gasteiger partial charge on any atom is 0.206 e. The lowest BCUT2D eigenvalue weighted by molar-refractivity contribution is 0.576. The van der Waals surface area contributed by atoms with Crippen LogP contribution in [0.5, 0.6) is 0 Å². The van der Waals surface area contributed by atoms with E-state index >= 15 is 9.13 Å². The van der Waals surface area contributed by atoms with Gasteiger partial charge in [-0.25, -0.2) is 0 Å². The number of allylic oxidation sites excluding steroid dienone is 8. The molecule has 0 heterocycles. The fraction of sp³-hybridized carbons (Fsp3) is 0.167. The molecule has 0 amide bonds. The fourth-order valence-electron chi connectivity index (χ4n) is 3.86. The summed E-state index contributed by atoms with van der Waals surface area (Å²) < 4.78 is 30.1. The quantitative estimate of drug-likeness (QED) is 0.515. The Bertz CT molecular complexity index is 973. The van der Waals surface area contributed by atoms with E-state index in [-0.39, 0.29) is 0 Å². The molecule has 0 saturated carbocycles. The van der Waals surface area contributed by atoms with Gasteiger partial charge in [0.25, 0.3) is 0 Å². The van der Waals surface area contributed by atoms with Gasteiger partial charge in [0.15, 0.2) is 0 Å². The van der Waals surface area contributed by atoms with Crippen LogP contribution in [0.25, 0.3) is 0 Å². The third-order valence-electron chi connectivity index (χ3n) is 5.26. The predicted molar refractivity (Wildman–Crippen MR) is 120 cm³/mol. The summed E-state index contributed by atoms with van der Waals surface area (Å²) in [4.78, 5) is 0. The molecule has 2 nitrogen and oxygen atoms in total. The van der Waals surface area contributed by atoms with Crippen LogP contribution in [0.15, 0.2) is 108 Å². The van der Waals surface area contributed by atoms with E-state index in [0.717, 1.165) is 36.3 Å². The largest absolute Gasteiger partial charge is 0.305 e. The molecule has 0 spiro atoms. The monoisotopic (exact) mass is 406 g/mol. The van der Waals surface area contributed by atoms with Crippen molar-refractivity contribution >= 4 is 24.3 Å². The molecule has 2 aromatic carbocycles. The first-order valence-corrected chi connectivity index (χ1v) is 13.9. The Labute approximate surface area is 167 Å². The molecule has 0 aliphatic heterocycles. The van der Waals surface area contributed by atoms with Gasteiger partial charge in [-0.3, -0.25) is 0 Å². The minimum Gasteiger partial charge on any atom is -0.305 e. The molecule has 0 bridgehead atoms. The van der Waals surface area contributed by atoms with Crippen LogP contribution in [0.1, 0.15) is 25.7 Å². The lowest BCUT2D eigenvalue weighted by Crippen LogP contribution is -2.15.